The van der Waals surface area contributed by atoms with Gasteiger partial charge in [-0.2, -0.15) is 13.2 Å². The number of nitrogens with two attached hydrogens (primary N) is 1. The summed E-state index contributed by atoms with van der Waals surface area (Å²) >= 11 is 0. The molecule has 0 unspecified atom stereocenters. The molecule has 3 N–H and O–H groups in total. The van der Waals surface area contributed by atoms with Gasteiger partial charge in [-0.05, 0) is 30.0 Å². The molecule has 2 nitrogen and oxygen atoms in total. The number of dihydropyridines is 1. The van der Waals surface area contributed by atoms with E-state index >= 15 is 0 Å². The van der Waals surface area contributed by atoms with Gasteiger partial charge in [0.1, 0.15) is 0 Å². The third kappa shape index (κ3) is 2.43. The monoisotopic (exact) mass is 240 g/mol. The number of nitrogens with one attached hydrogen (secondary N) is 1. The van der Waals surface area contributed by atoms with Crippen molar-refractivity contribution in [3.8, 4) is 0 Å². The van der Waals surface area contributed by atoms with E-state index in [1.54, 1.807) is 12.3 Å². The Labute approximate surface area is 96.6 Å². The Bertz CT molecular complexity index is 470. The summed E-state index contributed by atoms with van der Waals surface area (Å²) in [5, 5.41) is 2.97. The number of allylic oxidation sites excluding steroid dienone is 1. The molecule has 0 fully saturated rings. The number of halogens is 3. The first-order valence-corrected chi connectivity index (χ1v) is 5.04. The van der Waals surface area contributed by atoms with E-state index in [0.29, 0.717) is 17.8 Å². The van der Waals surface area contributed by atoms with Crippen LogP contribution in [-0.2, 0) is 6.18 Å². The SMILES string of the molecule is NC1=C(c2ccc(C(F)(F)F)cc2)CNC=C1. The maximum absolute atomic E-state index is 12.4. The van der Waals surface area contributed by atoms with Crippen LogP contribution in [0.3, 0.4) is 0 Å². The molecular weight excluding hydrogens is 229 g/mol. The molecule has 1 aliphatic rings. The summed E-state index contributed by atoms with van der Waals surface area (Å²) in [7, 11) is 0. The lowest BCUT2D eigenvalue weighted by molar-refractivity contribution is -0.137. The number of hydrogen-bond acceptors (Lipinski definition) is 2. The molecule has 0 aromatic heterocycles. The Kier molecular flexibility index (Phi) is 2.83. The van der Waals surface area contributed by atoms with Gasteiger partial charge in [-0.1, -0.05) is 12.1 Å². The summed E-state index contributed by atoms with van der Waals surface area (Å²) in [6, 6.07) is 5.00. The minimum absolute atomic E-state index is 0.522. The van der Waals surface area contributed by atoms with Gasteiger partial charge in [-0.3, -0.25) is 0 Å². The zero-order chi connectivity index (χ0) is 12.5. The molecule has 17 heavy (non-hydrogen) atoms. The summed E-state index contributed by atoms with van der Waals surface area (Å²) in [6.07, 6.45) is -0.900. The van der Waals surface area contributed by atoms with Crippen LogP contribution in [0.2, 0.25) is 0 Å². The maximum atomic E-state index is 12.4. The van der Waals surface area contributed by atoms with Gasteiger partial charge in [0, 0.05) is 17.8 Å². The van der Waals surface area contributed by atoms with Gasteiger partial charge < -0.3 is 11.1 Å². The standard InChI is InChI=1S/C12H11F3N2/c13-12(14,15)9-3-1-8(2-4-9)10-7-17-6-5-11(10)16/h1-6,17H,7,16H2. The lowest BCUT2D eigenvalue weighted by Crippen LogP contribution is -2.17. The third-order valence-corrected chi connectivity index (χ3v) is 2.57. The molecular formula is C12H11F3N2. The molecule has 0 radical (unpaired) electrons. The first-order chi connectivity index (χ1) is 7.98. The number of benzene rings is 1. The second-order valence-corrected chi connectivity index (χ2v) is 3.72. The van der Waals surface area contributed by atoms with E-state index in [1.165, 1.54) is 12.1 Å². The number of rotatable bonds is 1. The van der Waals surface area contributed by atoms with Crippen LogP contribution in [0.5, 0.6) is 0 Å². The van der Waals surface area contributed by atoms with Gasteiger partial charge in [0.05, 0.1) is 5.56 Å². The van der Waals surface area contributed by atoms with Gasteiger partial charge in [0.2, 0.25) is 0 Å². The minimum Gasteiger partial charge on any atom is -0.398 e. The average molecular weight is 240 g/mol. The van der Waals surface area contributed by atoms with Crippen LogP contribution < -0.4 is 11.1 Å². The lowest BCUT2D eigenvalue weighted by Gasteiger charge is -2.15. The van der Waals surface area contributed by atoms with E-state index in [-0.39, 0.29) is 0 Å². The molecule has 1 aromatic carbocycles. The molecule has 0 spiro atoms. The molecule has 1 aliphatic heterocycles. The predicted octanol–water partition coefficient (Wildman–Crippen LogP) is 2.49. The van der Waals surface area contributed by atoms with E-state index in [2.05, 4.69) is 5.32 Å². The van der Waals surface area contributed by atoms with Crippen LogP contribution in [0.4, 0.5) is 13.2 Å². The quantitative estimate of drug-likeness (QED) is 0.791. The van der Waals surface area contributed by atoms with Gasteiger partial charge in [-0.25, -0.2) is 0 Å². The lowest BCUT2D eigenvalue weighted by atomic mass is 10.0. The summed E-state index contributed by atoms with van der Waals surface area (Å²) in [5.41, 5.74) is 7.19. The molecule has 5 heteroatoms. The summed E-state index contributed by atoms with van der Waals surface area (Å²) in [4.78, 5) is 0. The van der Waals surface area contributed by atoms with Crippen LogP contribution in [0.25, 0.3) is 5.57 Å². The Balaban J connectivity index is 2.33. The van der Waals surface area contributed by atoms with E-state index in [4.69, 9.17) is 5.73 Å². The van der Waals surface area contributed by atoms with Crippen molar-refractivity contribution < 1.29 is 13.2 Å². The molecule has 0 atom stereocenters. The summed E-state index contributed by atoms with van der Waals surface area (Å²) in [5.74, 6) is 0. The van der Waals surface area contributed by atoms with Crippen molar-refractivity contribution in [1.29, 1.82) is 0 Å². The van der Waals surface area contributed by atoms with Crippen molar-refractivity contribution in [2.75, 3.05) is 6.54 Å². The minimum atomic E-state index is -4.30. The summed E-state index contributed by atoms with van der Waals surface area (Å²) in [6.45, 7) is 0.522. The van der Waals surface area contributed by atoms with Crippen molar-refractivity contribution in [2.24, 2.45) is 5.73 Å². The second-order valence-electron chi connectivity index (χ2n) is 3.72. The van der Waals surface area contributed by atoms with Gasteiger partial charge in [0.15, 0.2) is 0 Å². The fraction of sp³-hybridized carbons (Fsp3) is 0.167. The summed E-state index contributed by atoms with van der Waals surface area (Å²) < 4.78 is 37.1. The first-order valence-electron chi connectivity index (χ1n) is 5.04. The smallest absolute Gasteiger partial charge is 0.398 e. The van der Waals surface area contributed by atoms with Crippen molar-refractivity contribution >= 4 is 5.57 Å². The fourth-order valence-electron chi connectivity index (χ4n) is 1.64. The normalized spacial score (nSPS) is 15.9. The van der Waals surface area contributed by atoms with Crippen LogP contribution in [0.15, 0.2) is 42.2 Å². The number of hydrogen-bond donors (Lipinski definition) is 2. The van der Waals surface area contributed by atoms with Gasteiger partial charge in [0.25, 0.3) is 0 Å². The molecule has 0 aliphatic carbocycles. The van der Waals surface area contributed by atoms with Crippen molar-refractivity contribution in [1.82, 2.24) is 5.32 Å². The molecule has 0 amide bonds. The molecule has 0 saturated carbocycles. The first kappa shape index (κ1) is 11.6. The van der Waals surface area contributed by atoms with Crippen molar-refractivity contribution in [3.05, 3.63) is 53.4 Å². The zero-order valence-corrected chi connectivity index (χ0v) is 8.88. The van der Waals surface area contributed by atoms with E-state index in [9.17, 15) is 13.2 Å². The van der Waals surface area contributed by atoms with Gasteiger partial charge >= 0.3 is 6.18 Å². The topological polar surface area (TPSA) is 38.0 Å². The fourth-order valence-corrected chi connectivity index (χ4v) is 1.64. The highest BCUT2D eigenvalue weighted by molar-refractivity contribution is 5.72. The molecule has 1 aromatic rings. The van der Waals surface area contributed by atoms with Crippen molar-refractivity contribution in [3.63, 3.8) is 0 Å². The molecule has 0 saturated heterocycles. The van der Waals surface area contributed by atoms with E-state index in [1.807, 2.05) is 0 Å². The highest BCUT2D eigenvalue weighted by atomic mass is 19.4. The highest BCUT2D eigenvalue weighted by Crippen LogP contribution is 2.30. The van der Waals surface area contributed by atoms with E-state index < -0.39 is 11.7 Å². The van der Waals surface area contributed by atoms with Crippen LogP contribution >= 0.6 is 0 Å². The van der Waals surface area contributed by atoms with Crippen LogP contribution in [0, 0.1) is 0 Å². The maximum Gasteiger partial charge on any atom is 0.416 e. The molecule has 90 valence electrons. The second kappa shape index (κ2) is 4.16. The molecule has 1 heterocycles. The van der Waals surface area contributed by atoms with Crippen molar-refractivity contribution in [2.45, 2.75) is 6.18 Å². The highest BCUT2D eigenvalue weighted by Gasteiger charge is 2.30. The Morgan fingerprint density at radius 2 is 1.76 bits per heavy atom. The largest absolute Gasteiger partial charge is 0.416 e. The predicted molar refractivity (Wildman–Crippen MR) is 59.7 cm³/mol. The third-order valence-electron chi connectivity index (χ3n) is 2.57. The molecule has 2 rings (SSSR count). The van der Waals surface area contributed by atoms with E-state index in [0.717, 1.165) is 17.7 Å². The Hall–Kier alpha value is -1.91. The van der Waals surface area contributed by atoms with Gasteiger partial charge in [-0.15, -0.1) is 0 Å². The van der Waals surface area contributed by atoms with Crippen LogP contribution in [-0.4, -0.2) is 6.54 Å². The van der Waals surface area contributed by atoms with Crippen LogP contribution in [0.1, 0.15) is 11.1 Å². The Morgan fingerprint density at radius 3 is 2.29 bits per heavy atom. The number of alkyl halides is 3. The Morgan fingerprint density at radius 1 is 1.12 bits per heavy atom. The average Bonchev–Trinajstić information content (AvgIpc) is 2.29. The zero-order valence-electron chi connectivity index (χ0n) is 8.88. The molecule has 0 bridgehead atoms.